The van der Waals surface area contributed by atoms with E-state index in [2.05, 4.69) is 16.7 Å². The van der Waals surface area contributed by atoms with Gasteiger partial charge in [-0.2, -0.15) is 0 Å². The molecule has 1 amide bonds. The maximum Gasteiger partial charge on any atom is 0.241 e. The van der Waals surface area contributed by atoms with Crippen molar-refractivity contribution < 1.29 is 4.79 Å². The number of rotatable bonds is 3. The standard InChI is InChI=1S/C16H22N2OS.ClH/c1-20-13-7-4-6-12(10-13)17-16(19)15-9-11-5-2-3-8-14(11)18-15;/h4,6-7,10-11,14-15,18H,2-3,5,8-9H2,1H3,(H,17,19);1H. The molecule has 1 heterocycles. The van der Waals surface area contributed by atoms with Crippen LogP contribution >= 0.6 is 24.2 Å². The Morgan fingerprint density at radius 2 is 2.14 bits per heavy atom. The van der Waals surface area contributed by atoms with Crippen LogP contribution in [-0.4, -0.2) is 24.2 Å². The fourth-order valence-electron chi connectivity index (χ4n) is 3.45. The number of thioether (sulfide) groups is 1. The van der Waals surface area contributed by atoms with E-state index >= 15 is 0 Å². The smallest absolute Gasteiger partial charge is 0.241 e. The van der Waals surface area contributed by atoms with Crippen LogP contribution in [0.3, 0.4) is 0 Å². The molecule has 116 valence electrons. The molecule has 1 saturated heterocycles. The lowest BCUT2D eigenvalue weighted by Crippen LogP contribution is -2.39. The van der Waals surface area contributed by atoms with Gasteiger partial charge in [-0.3, -0.25) is 4.79 Å². The fourth-order valence-corrected chi connectivity index (χ4v) is 3.91. The Labute approximate surface area is 137 Å². The normalized spacial score (nSPS) is 27.6. The predicted octanol–water partition coefficient (Wildman–Crippen LogP) is 3.69. The largest absolute Gasteiger partial charge is 0.325 e. The number of carbonyl (C=O) groups is 1. The van der Waals surface area contributed by atoms with Crippen LogP contribution in [0.5, 0.6) is 0 Å². The number of benzene rings is 1. The first-order valence-corrected chi connectivity index (χ1v) is 8.69. The Morgan fingerprint density at radius 1 is 1.33 bits per heavy atom. The topological polar surface area (TPSA) is 41.1 Å². The van der Waals surface area contributed by atoms with E-state index in [4.69, 9.17) is 0 Å². The van der Waals surface area contributed by atoms with Crippen molar-refractivity contribution in [2.75, 3.05) is 11.6 Å². The molecule has 5 heteroatoms. The third kappa shape index (κ3) is 3.93. The zero-order chi connectivity index (χ0) is 13.9. The van der Waals surface area contributed by atoms with Crippen molar-refractivity contribution in [1.82, 2.24) is 5.32 Å². The quantitative estimate of drug-likeness (QED) is 0.832. The van der Waals surface area contributed by atoms with Crippen LogP contribution in [-0.2, 0) is 4.79 Å². The molecule has 3 unspecified atom stereocenters. The first-order valence-electron chi connectivity index (χ1n) is 7.47. The molecule has 1 aliphatic carbocycles. The molecular weight excluding hydrogens is 304 g/mol. The van der Waals surface area contributed by atoms with Crippen LogP contribution in [0.2, 0.25) is 0 Å². The van der Waals surface area contributed by atoms with Crippen molar-refractivity contribution >= 4 is 35.8 Å². The van der Waals surface area contributed by atoms with Crippen LogP contribution < -0.4 is 10.6 Å². The second kappa shape index (κ2) is 7.52. The van der Waals surface area contributed by atoms with Crippen LogP contribution in [0, 0.1) is 5.92 Å². The molecule has 1 aliphatic heterocycles. The number of carbonyl (C=O) groups excluding carboxylic acids is 1. The number of fused-ring (bicyclic) bond motifs is 1. The number of amides is 1. The second-order valence-electron chi connectivity index (χ2n) is 5.83. The highest BCUT2D eigenvalue weighted by atomic mass is 35.5. The van der Waals surface area contributed by atoms with Crippen molar-refractivity contribution in [3.8, 4) is 0 Å². The van der Waals surface area contributed by atoms with E-state index in [1.165, 1.54) is 30.6 Å². The van der Waals surface area contributed by atoms with E-state index in [0.717, 1.165) is 12.1 Å². The minimum atomic E-state index is -0.0129. The van der Waals surface area contributed by atoms with Gasteiger partial charge in [0, 0.05) is 16.6 Å². The summed E-state index contributed by atoms with van der Waals surface area (Å²) in [7, 11) is 0. The molecule has 0 aromatic heterocycles. The number of hydrogen-bond donors (Lipinski definition) is 2. The molecule has 1 saturated carbocycles. The summed E-state index contributed by atoms with van der Waals surface area (Å²) in [5.74, 6) is 0.828. The lowest BCUT2D eigenvalue weighted by molar-refractivity contribution is -0.117. The Kier molecular flexibility index (Phi) is 5.97. The molecular formula is C16H23ClN2OS. The number of nitrogens with one attached hydrogen (secondary N) is 2. The van der Waals surface area contributed by atoms with Crippen LogP contribution in [0.15, 0.2) is 29.2 Å². The summed E-state index contributed by atoms with van der Waals surface area (Å²) in [6.45, 7) is 0. The zero-order valence-corrected chi connectivity index (χ0v) is 13.9. The van der Waals surface area contributed by atoms with Gasteiger partial charge in [-0.25, -0.2) is 0 Å². The van der Waals surface area contributed by atoms with E-state index in [1.807, 2.05) is 24.5 Å². The van der Waals surface area contributed by atoms with Crippen molar-refractivity contribution in [3.63, 3.8) is 0 Å². The summed E-state index contributed by atoms with van der Waals surface area (Å²) in [5, 5.41) is 6.58. The second-order valence-corrected chi connectivity index (χ2v) is 6.71. The van der Waals surface area contributed by atoms with Gasteiger partial charge in [-0.15, -0.1) is 24.2 Å². The summed E-state index contributed by atoms with van der Waals surface area (Å²) < 4.78 is 0. The average molecular weight is 327 g/mol. The third-order valence-corrected chi connectivity index (χ3v) is 5.24. The molecule has 0 bridgehead atoms. The average Bonchev–Trinajstić information content (AvgIpc) is 2.91. The van der Waals surface area contributed by atoms with Gasteiger partial charge in [-0.1, -0.05) is 18.9 Å². The molecule has 1 aromatic rings. The van der Waals surface area contributed by atoms with E-state index in [9.17, 15) is 4.79 Å². The monoisotopic (exact) mass is 326 g/mol. The van der Waals surface area contributed by atoms with E-state index in [1.54, 1.807) is 11.8 Å². The molecule has 0 spiro atoms. The maximum atomic E-state index is 12.4. The first-order chi connectivity index (χ1) is 9.76. The lowest BCUT2D eigenvalue weighted by atomic mass is 9.85. The predicted molar refractivity (Wildman–Crippen MR) is 91.4 cm³/mol. The molecule has 2 N–H and O–H groups in total. The van der Waals surface area contributed by atoms with E-state index in [-0.39, 0.29) is 24.4 Å². The molecule has 2 aliphatic rings. The summed E-state index contributed by atoms with van der Waals surface area (Å²) in [4.78, 5) is 13.6. The molecule has 3 rings (SSSR count). The summed E-state index contributed by atoms with van der Waals surface area (Å²) >= 11 is 1.69. The van der Waals surface area contributed by atoms with Crippen molar-refractivity contribution in [1.29, 1.82) is 0 Å². The minimum absolute atomic E-state index is 0. The highest BCUT2D eigenvalue weighted by Gasteiger charge is 2.38. The van der Waals surface area contributed by atoms with Gasteiger partial charge in [0.2, 0.25) is 5.91 Å². The minimum Gasteiger partial charge on any atom is -0.325 e. The zero-order valence-electron chi connectivity index (χ0n) is 12.3. The van der Waals surface area contributed by atoms with Gasteiger partial charge in [-0.05, 0) is 49.6 Å². The number of anilines is 1. The van der Waals surface area contributed by atoms with Crippen molar-refractivity contribution in [3.05, 3.63) is 24.3 Å². The SMILES string of the molecule is CSc1cccc(NC(=O)C2CC3CCCCC3N2)c1.Cl. The fraction of sp³-hybridized carbons (Fsp3) is 0.562. The van der Waals surface area contributed by atoms with Crippen molar-refractivity contribution in [2.24, 2.45) is 5.92 Å². The Balaban J connectivity index is 0.00000161. The van der Waals surface area contributed by atoms with E-state index in [0.29, 0.717) is 12.0 Å². The first kappa shape index (κ1) is 16.7. The lowest BCUT2D eigenvalue weighted by Gasteiger charge is -2.24. The van der Waals surface area contributed by atoms with Crippen molar-refractivity contribution in [2.45, 2.75) is 49.1 Å². The summed E-state index contributed by atoms with van der Waals surface area (Å²) in [5.41, 5.74) is 0.901. The molecule has 0 radical (unpaired) electrons. The van der Waals surface area contributed by atoms with Crippen LogP contribution in [0.1, 0.15) is 32.1 Å². The Morgan fingerprint density at radius 3 is 2.90 bits per heavy atom. The molecule has 2 fully saturated rings. The van der Waals surface area contributed by atoms with Gasteiger partial charge in [0.15, 0.2) is 0 Å². The van der Waals surface area contributed by atoms with E-state index < -0.39 is 0 Å². The van der Waals surface area contributed by atoms with Crippen LogP contribution in [0.4, 0.5) is 5.69 Å². The molecule has 1 aromatic carbocycles. The third-order valence-electron chi connectivity index (χ3n) is 4.52. The molecule has 21 heavy (non-hydrogen) atoms. The molecule has 3 atom stereocenters. The summed E-state index contributed by atoms with van der Waals surface area (Å²) in [6, 6.07) is 8.59. The van der Waals surface area contributed by atoms with Gasteiger partial charge < -0.3 is 10.6 Å². The van der Waals surface area contributed by atoms with Gasteiger partial charge in [0.1, 0.15) is 0 Å². The summed E-state index contributed by atoms with van der Waals surface area (Å²) in [6.07, 6.45) is 8.19. The van der Waals surface area contributed by atoms with Gasteiger partial charge in [0.25, 0.3) is 0 Å². The van der Waals surface area contributed by atoms with Crippen LogP contribution in [0.25, 0.3) is 0 Å². The van der Waals surface area contributed by atoms with Gasteiger partial charge in [0.05, 0.1) is 6.04 Å². The van der Waals surface area contributed by atoms with Gasteiger partial charge >= 0.3 is 0 Å². The number of halogens is 1. The molecule has 3 nitrogen and oxygen atoms in total. The highest BCUT2D eigenvalue weighted by Crippen LogP contribution is 2.33. The Hall–Kier alpha value is -0.710. The number of hydrogen-bond acceptors (Lipinski definition) is 3. The highest BCUT2D eigenvalue weighted by molar-refractivity contribution is 7.98. The maximum absolute atomic E-state index is 12.4. The Bertz CT molecular complexity index is 483.